The summed E-state index contributed by atoms with van der Waals surface area (Å²) in [6.45, 7) is 4.77. The van der Waals surface area contributed by atoms with Crippen LogP contribution in [0.4, 0.5) is 0 Å². The molecule has 1 aromatic rings. The molecule has 0 heterocycles. The molecule has 1 aromatic carbocycles. The van der Waals surface area contributed by atoms with Crippen molar-refractivity contribution in [3.63, 3.8) is 0 Å². The van der Waals surface area contributed by atoms with Gasteiger partial charge in [-0.1, -0.05) is 12.1 Å². The lowest BCUT2D eigenvalue weighted by atomic mass is 10.0. The summed E-state index contributed by atoms with van der Waals surface area (Å²) in [4.78, 5) is 34.0. The van der Waals surface area contributed by atoms with Crippen molar-refractivity contribution in [2.75, 3.05) is 0 Å². The molecular formula is C15H18N2O4. The standard InChI is InChI=1S/C15H18N2O4/c1-9-4-5-10(6-7-12(18)19)8-11(9)13(20)17-15(2,3)14(16)21/h4-8H,1-3H3,(H2,16,21)(H,17,20)(H,18,19). The van der Waals surface area contributed by atoms with Gasteiger partial charge in [-0.05, 0) is 44.0 Å². The first-order valence-electron chi connectivity index (χ1n) is 6.27. The van der Waals surface area contributed by atoms with Gasteiger partial charge in [0.05, 0.1) is 0 Å². The number of aliphatic carboxylic acids is 1. The van der Waals surface area contributed by atoms with Gasteiger partial charge in [-0.15, -0.1) is 0 Å². The van der Waals surface area contributed by atoms with Crippen LogP contribution in [0.15, 0.2) is 24.3 Å². The Bertz CT molecular complexity index is 618. The van der Waals surface area contributed by atoms with Gasteiger partial charge in [0.25, 0.3) is 5.91 Å². The van der Waals surface area contributed by atoms with Gasteiger partial charge in [0, 0.05) is 11.6 Å². The number of aryl methyl sites for hydroxylation is 1. The predicted octanol–water partition coefficient (Wildman–Crippen LogP) is 1.09. The molecule has 0 unspecified atom stereocenters. The van der Waals surface area contributed by atoms with Crippen LogP contribution >= 0.6 is 0 Å². The zero-order chi connectivity index (χ0) is 16.2. The molecule has 0 aliphatic rings. The molecule has 6 heteroatoms. The SMILES string of the molecule is Cc1ccc(C=CC(=O)O)cc1C(=O)NC(C)(C)C(N)=O. The van der Waals surface area contributed by atoms with Crippen molar-refractivity contribution in [2.24, 2.45) is 5.73 Å². The largest absolute Gasteiger partial charge is 0.478 e. The molecule has 0 aliphatic carbocycles. The molecule has 0 aromatic heterocycles. The van der Waals surface area contributed by atoms with Crippen LogP contribution < -0.4 is 11.1 Å². The molecule has 1 rings (SSSR count). The molecule has 4 N–H and O–H groups in total. The highest BCUT2D eigenvalue weighted by Gasteiger charge is 2.27. The number of carbonyl (C=O) groups excluding carboxylic acids is 2. The van der Waals surface area contributed by atoms with Crippen LogP contribution in [0.3, 0.4) is 0 Å². The average Bonchev–Trinajstić information content (AvgIpc) is 2.36. The molecule has 0 atom stereocenters. The first-order valence-corrected chi connectivity index (χ1v) is 6.27. The number of amides is 2. The van der Waals surface area contributed by atoms with Gasteiger partial charge in [0.2, 0.25) is 5.91 Å². The number of primary amides is 1. The maximum atomic E-state index is 12.2. The lowest BCUT2D eigenvalue weighted by molar-refractivity contribution is -0.131. The Balaban J connectivity index is 3.07. The maximum Gasteiger partial charge on any atom is 0.328 e. The number of carbonyl (C=O) groups is 3. The van der Waals surface area contributed by atoms with Gasteiger partial charge >= 0.3 is 5.97 Å². The number of carboxylic acids is 1. The number of rotatable bonds is 5. The van der Waals surface area contributed by atoms with Crippen LogP contribution in [0.1, 0.15) is 35.3 Å². The molecule has 21 heavy (non-hydrogen) atoms. The zero-order valence-electron chi connectivity index (χ0n) is 12.1. The highest BCUT2D eigenvalue weighted by atomic mass is 16.4. The van der Waals surface area contributed by atoms with E-state index in [-0.39, 0.29) is 0 Å². The average molecular weight is 290 g/mol. The van der Waals surface area contributed by atoms with Crippen molar-refractivity contribution in [1.29, 1.82) is 0 Å². The van der Waals surface area contributed by atoms with Crippen LogP contribution in [-0.4, -0.2) is 28.4 Å². The van der Waals surface area contributed by atoms with Gasteiger partial charge in [-0.25, -0.2) is 4.79 Å². The van der Waals surface area contributed by atoms with Crippen molar-refractivity contribution < 1.29 is 19.5 Å². The van der Waals surface area contributed by atoms with Crippen LogP contribution in [0.25, 0.3) is 6.08 Å². The lowest BCUT2D eigenvalue weighted by Crippen LogP contribution is -2.53. The first kappa shape index (κ1) is 16.4. The second kappa shape index (κ2) is 6.21. The fourth-order valence-corrected chi connectivity index (χ4v) is 1.57. The van der Waals surface area contributed by atoms with Crippen LogP contribution in [0.2, 0.25) is 0 Å². The molecule has 0 spiro atoms. The topological polar surface area (TPSA) is 109 Å². The number of hydrogen-bond donors (Lipinski definition) is 3. The Hall–Kier alpha value is -2.63. The highest BCUT2D eigenvalue weighted by Crippen LogP contribution is 2.14. The van der Waals surface area contributed by atoms with E-state index in [1.165, 1.54) is 19.9 Å². The van der Waals surface area contributed by atoms with Crippen LogP contribution in [0, 0.1) is 6.92 Å². The summed E-state index contributed by atoms with van der Waals surface area (Å²) in [6.07, 6.45) is 2.37. The van der Waals surface area contributed by atoms with E-state index >= 15 is 0 Å². The minimum Gasteiger partial charge on any atom is -0.478 e. The Morgan fingerprint density at radius 2 is 1.90 bits per heavy atom. The molecule has 0 fully saturated rings. The summed E-state index contributed by atoms with van der Waals surface area (Å²) in [5, 5.41) is 11.2. The summed E-state index contributed by atoms with van der Waals surface area (Å²) in [7, 11) is 0. The van der Waals surface area contributed by atoms with Crippen molar-refractivity contribution in [3.8, 4) is 0 Å². The van der Waals surface area contributed by atoms with Crippen molar-refractivity contribution in [2.45, 2.75) is 26.3 Å². The Labute approximate surface area is 122 Å². The molecule has 0 radical (unpaired) electrons. The molecule has 6 nitrogen and oxygen atoms in total. The third-order valence-corrected chi connectivity index (χ3v) is 2.97. The fourth-order valence-electron chi connectivity index (χ4n) is 1.57. The van der Waals surface area contributed by atoms with Crippen LogP contribution in [0.5, 0.6) is 0 Å². The summed E-state index contributed by atoms with van der Waals surface area (Å²) >= 11 is 0. The molecule has 0 aliphatic heterocycles. The van der Waals surface area contributed by atoms with E-state index in [4.69, 9.17) is 10.8 Å². The van der Waals surface area contributed by atoms with Gasteiger partial charge in [-0.3, -0.25) is 9.59 Å². The summed E-state index contributed by atoms with van der Waals surface area (Å²) in [5.41, 5.74) is 5.69. The Kier molecular flexibility index (Phi) is 4.86. The molecular weight excluding hydrogens is 272 g/mol. The van der Waals surface area contributed by atoms with E-state index in [9.17, 15) is 14.4 Å². The predicted molar refractivity (Wildman–Crippen MR) is 78.6 cm³/mol. The van der Waals surface area contributed by atoms with E-state index in [1.807, 2.05) is 0 Å². The van der Waals surface area contributed by atoms with E-state index < -0.39 is 23.3 Å². The lowest BCUT2D eigenvalue weighted by Gasteiger charge is -2.22. The third kappa shape index (κ3) is 4.45. The van der Waals surface area contributed by atoms with Gasteiger partial charge < -0.3 is 16.2 Å². The van der Waals surface area contributed by atoms with Crippen molar-refractivity contribution in [3.05, 3.63) is 41.0 Å². The molecule has 112 valence electrons. The maximum absolute atomic E-state index is 12.2. The van der Waals surface area contributed by atoms with Gasteiger partial charge in [-0.2, -0.15) is 0 Å². The second-order valence-corrected chi connectivity index (χ2v) is 5.19. The van der Waals surface area contributed by atoms with Crippen molar-refractivity contribution >= 4 is 23.9 Å². The quantitative estimate of drug-likeness (QED) is 0.705. The van der Waals surface area contributed by atoms with E-state index in [2.05, 4.69) is 5.32 Å². The number of carboxylic acid groups (broad SMARTS) is 1. The summed E-state index contributed by atoms with van der Waals surface area (Å²) in [5.74, 6) is -2.16. The van der Waals surface area contributed by atoms with E-state index in [0.717, 1.165) is 6.08 Å². The number of hydrogen-bond acceptors (Lipinski definition) is 3. The smallest absolute Gasteiger partial charge is 0.328 e. The second-order valence-electron chi connectivity index (χ2n) is 5.19. The summed E-state index contributed by atoms with van der Waals surface area (Å²) in [6, 6.07) is 4.96. The Morgan fingerprint density at radius 3 is 2.43 bits per heavy atom. The normalized spacial score (nSPS) is 11.4. The van der Waals surface area contributed by atoms with Gasteiger partial charge in [0.15, 0.2) is 0 Å². The molecule has 0 saturated carbocycles. The monoisotopic (exact) mass is 290 g/mol. The first-order chi connectivity index (χ1) is 9.63. The third-order valence-electron chi connectivity index (χ3n) is 2.97. The summed E-state index contributed by atoms with van der Waals surface area (Å²) < 4.78 is 0. The number of benzene rings is 1. The molecule has 0 bridgehead atoms. The minimum absolute atomic E-state index is 0.358. The van der Waals surface area contributed by atoms with Gasteiger partial charge in [0.1, 0.15) is 5.54 Å². The Morgan fingerprint density at radius 1 is 1.29 bits per heavy atom. The molecule has 2 amide bonds. The molecule has 0 saturated heterocycles. The van der Waals surface area contributed by atoms with Crippen molar-refractivity contribution in [1.82, 2.24) is 5.32 Å². The minimum atomic E-state index is -1.17. The van der Waals surface area contributed by atoms with E-state index in [0.29, 0.717) is 16.7 Å². The number of nitrogens with one attached hydrogen (secondary N) is 1. The fraction of sp³-hybridized carbons (Fsp3) is 0.267. The van der Waals surface area contributed by atoms with E-state index in [1.54, 1.807) is 25.1 Å². The number of nitrogens with two attached hydrogens (primary N) is 1. The zero-order valence-corrected chi connectivity index (χ0v) is 12.1. The van der Waals surface area contributed by atoms with Crippen LogP contribution in [-0.2, 0) is 9.59 Å². The highest BCUT2D eigenvalue weighted by molar-refractivity contribution is 6.00.